The van der Waals surface area contributed by atoms with E-state index in [0.717, 1.165) is 18.2 Å². The quantitative estimate of drug-likeness (QED) is 0.926. The van der Waals surface area contributed by atoms with Crippen LogP contribution in [0.15, 0.2) is 35.0 Å². The van der Waals surface area contributed by atoms with Gasteiger partial charge in [0.05, 0.1) is 17.7 Å². The van der Waals surface area contributed by atoms with E-state index in [9.17, 15) is 18.7 Å². The number of β-amino-alcohol motifs (C(OH)–C–C–N with tert-alkyl or cyclic N) is 1. The summed E-state index contributed by atoms with van der Waals surface area (Å²) < 4.78 is 27.3. The van der Waals surface area contributed by atoms with Gasteiger partial charge in [-0.15, -0.1) is 0 Å². The molecule has 0 saturated carbocycles. The van der Waals surface area contributed by atoms with Crippen LogP contribution in [0.25, 0.3) is 0 Å². The Bertz CT molecular complexity index is 660. The maximum atomic E-state index is 13.9. The molecule has 1 aliphatic rings. The number of carbonyl (C=O) groups excluding carboxylic acids is 1. The fraction of sp³-hybridized carbons (Fsp3) is 0.267. The van der Waals surface area contributed by atoms with E-state index in [4.69, 9.17) is 0 Å². The lowest BCUT2D eigenvalue weighted by Gasteiger charge is -2.24. The van der Waals surface area contributed by atoms with E-state index in [-0.39, 0.29) is 24.4 Å². The molecule has 3 nitrogen and oxygen atoms in total. The summed E-state index contributed by atoms with van der Waals surface area (Å²) in [7, 11) is 0. The Morgan fingerprint density at radius 3 is 2.86 bits per heavy atom. The fourth-order valence-corrected chi connectivity index (χ4v) is 3.28. The zero-order valence-electron chi connectivity index (χ0n) is 11.0. The summed E-state index contributed by atoms with van der Waals surface area (Å²) in [5, 5.41) is 13.3. The highest BCUT2D eigenvalue weighted by atomic mass is 32.1. The number of rotatable bonds is 2. The topological polar surface area (TPSA) is 40.5 Å². The van der Waals surface area contributed by atoms with Gasteiger partial charge < -0.3 is 10.0 Å². The molecule has 0 radical (unpaired) electrons. The molecule has 1 N–H and O–H groups in total. The SMILES string of the molecule is O=C(c1ccsc1)N1C[C@@H](O)C[C@@H]1c1cc(F)ccc1F. The molecule has 0 spiro atoms. The van der Waals surface area contributed by atoms with Crippen molar-refractivity contribution in [3.8, 4) is 0 Å². The van der Waals surface area contributed by atoms with Gasteiger partial charge in [-0.25, -0.2) is 8.78 Å². The molecular formula is C15H13F2NO2S. The number of halogens is 2. The molecule has 0 bridgehead atoms. The van der Waals surface area contributed by atoms with Gasteiger partial charge in [-0.05, 0) is 36.1 Å². The lowest BCUT2D eigenvalue weighted by molar-refractivity contribution is 0.0714. The summed E-state index contributed by atoms with van der Waals surface area (Å²) in [5.41, 5.74) is 0.603. The number of hydrogen-bond donors (Lipinski definition) is 1. The van der Waals surface area contributed by atoms with Crippen LogP contribution in [0.2, 0.25) is 0 Å². The predicted octanol–water partition coefficient (Wildman–Crippen LogP) is 2.97. The third-order valence-corrected chi connectivity index (χ3v) is 4.31. The lowest BCUT2D eigenvalue weighted by Crippen LogP contribution is -2.31. The Morgan fingerprint density at radius 1 is 1.33 bits per heavy atom. The van der Waals surface area contributed by atoms with E-state index < -0.39 is 23.8 Å². The van der Waals surface area contributed by atoms with Crippen LogP contribution in [-0.4, -0.2) is 28.6 Å². The number of amides is 1. The zero-order chi connectivity index (χ0) is 15.0. The molecule has 6 heteroatoms. The molecule has 1 fully saturated rings. The van der Waals surface area contributed by atoms with Crippen LogP contribution in [0, 0.1) is 11.6 Å². The van der Waals surface area contributed by atoms with Crippen molar-refractivity contribution in [3.63, 3.8) is 0 Å². The predicted molar refractivity (Wildman–Crippen MR) is 75.1 cm³/mol. The Labute approximate surface area is 124 Å². The third-order valence-electron chi connectivity index (χ3n) is 3.63. The second-order valence-corrected chi connectivity index (χ2v) is 5.82. The Morgan fingerprint density at radius 2 is 2.14 bits per heavy atom. The minimum atomic E-state index is -0.736. The van der Waals surface area contributed by atoms with Crippen LogP contribution >= 0.6 is 11.3 Å². The summed E-state index contributed by atoms with van der Waals surface area (Å²) in [6.45, 7) is 0.120. The van der Waals surface area contributed by atoms with Crippen LogP contribution in [0.5, 0.6) is 0 Å². The normalized spacial score (nSPS) is 21.8. The number of benzene rings is 1. The van der Waals surface area contributed by atoms with Crippen LogP contribution in [0.4, 0.5) is 8.78 Å². The molecule has 1 aliphatic heterocycles. The average molecular weight is 309 g/mol. The van der Waals surface area contributed by atoms with Crippen LogP contribution in [0.1, 0.15) is 28.4 Å². The van der Waals surface area contributed by atoms with E-state index in [2.05, 4.69) is 0 Å². The van der Waals surface area contributed by atoms with Crippen molar-refractivity contribution in [2.75, 3.05) is 6.54 Å². The van der Waals surface area contributed by atoms with Gasteiger partial charge in [-0.3, -0.25) is 4.79 Å². The number of aliphatic hydroxyl groups excluding tert-OH is 1. The summed E-state index contributed by atoms with van der Waals surface area (Å²) in [6, 6.07) is 4.20. The molecule has 1 amide bonds. The van der Waals surface area contributed by atoms with E-state index in [1.807, 2.05) is 0 Å². The molecule has 3 rings (SSSR count). The first-order valence-electron chi connectivity index (χ1n) is 6.52. The van der Waals surface area contributed by atoms with Gasteiger partial charge in [-0.1, -0.05) is 0 Å². The van der Waals surface area contributed by atoms with Crippen molar-refractivity contribution < 1.29 is 18.7 Å². The van der Waals surface area contributed by atoms with Crippen molar-refractivity contribution in [3.05, 3.63) is 57.8 Å². The standard InChI is InChI=1S/C15H13F2NO2S/c16-10-1-2-13(17)12(5-10)14-6-11(19)7-18(14)15(20)9-3-4-21-8-9/h1-5,8,11,14,19H,6-7H2/t11-,14+/m0/s1. The zero-order valence-corrected chi connectivity index (χ0v) is 11.8. The summed E-state index contributed by atoms with van der Waals surface area (Å²) >= 11 is 1.39. The highest BCUT2D eigenvalue weighted by Crippen LogP contribution is 2.35. The summed E-state index contributed by atoms with van der Waals surface area (Å²) in [4.78, 5) is 13.8. The second kappa shape index (κ2) is 5.54. The first-order chi connectivity index (χ1) is 10.1. The van der Waals surface area contributed by atoms with Crippen LogP contribution < -0.4 is 0 Å². The Kier molecular flexibility index (Phi) is 3.73. The molecule has 1 aromatic heterocycles. The van der Waals surface area contributed by atoms with Crippen molar-refractivity contribution in [2.24, 2.45) is 0 Å². The third kappa shape index (κ3) is 2.69. The van der Waals surface area contributed by atoms with Gasteiger partial charge in [0.2, 0.25) is 0 Å². The van der Waals surface area contributed by atoms with Crippen molar-refractivity contribution in [1.29, 1.82) is 0 Å². The number of carbonyl (C=O) groups is 1. The molecule has 1 saturated heterocycles. The first kappa shape index (κ1) is 14.2. The Hall–Kier alpha value is -1.79. The molecule has 2 heterocycles. The molecule has 110 valence electrons. The molecule has 21 heavy (non-hydrogen) atoms. The van der Waals surface area contributed by atoms with E-state index in [0.29, 0.717) is 5.56 Å². The van der Waals surface area contributed by atoms with Gasteiger partial charge in [0.25, 0.3) is 5.91 Å². The molecule has 0 unspecified atom stereocenters. The molecule has 2 atom stereocenters. The maximum Gasteiger partial charge on any atom is 0.255 e. The highest BCUT2D eigenvalue weighted by Gasteiger charge is 2.37. The molecule has 1 aromatic carbocycles. The maximum absolute atomic E-state index is 13.9. The monoisotopic (exact) mass is 309 g/mol. The lowest BCUT2D eigenvalue weighted by atomic mass is 10.0. The van der Waals surface area contributed by atoms with Gasteiger partial charge in [0.1, 0.15) is 11.6 Å². The number of thiophene rings is 1. The van der Waals surface area contributed by atoms with Crippen LogP contribution in [0.3, 0.4) is 0 Å². The van der Waals surface area contributed by atoms with E-state index in [1.165, 1.54) is 16.2 Å². The molecular weight excluding hydrogens is 296 g/mol. The highest BCUT2D eigenvalue weighted by molar-refractivity contribution is 7.08. The van der Waals surface area contributed by atoms with Crippen molar-refractivity contribution in [1.82, 2.24) is 4.90 Å². The van der Waals surface area contributed by atoms with Crippen molar-refractivity contribution in [2.45, 2.75) is 18.6 Å². The number of hydrogen-bond acceptors (Lipinski definition) is 3. The largest absolute Gasteiger partial charge is 0.391 e. The van der Waals surface area contributed by atoms with E-state index in [1.54, 1.807) is 16.8 Å². The van der Waals surface area contributed by atoms with Gasteiger partial charge in [0, 0.05) is 17.5 Å². The minimum Gasteiger partial charge on any atom is -0.391 e. The number of aliphatic hydroxyl groups is 1. The average Bonchev–Trinajstić information content (AvgIpc) is 3.10. The number of nitrogens with zero attached hydrogens (tertiary/aromatic N) is 1. The van der Waals surface area contributed by atoms with Crippen LogP contribution in [-0.2, 0) is 0 Å². The minimum absolute atomic E-state index is 0.107. The van der Waals surface area contributed by atoms with E-state index >= 15 is 0 Å². The first-order valence-corrected chi connectivity index (χ1v) is 7.46. The molecule has 0 aliphatic carbocycles. The van der Waals surface area contributed by atoms with Gasteiger partial charge >= 0.3 is 0 Å². The number of likely N-dealkylation sites (tertiary alicyclic amines) is 1. The van der Waals surface area contributed by atoms with Gasteiger partial charge in [0.15, 0.2) is 0 Å². The van der Waals surface area contributed by atoms with Crippen molar-refractivity contribution >= 4 is 17.2 Å². The second-order valence-electron chi connectivity index (χ2n) is 5.04. The fourth-order valence-electron chi connectivity index (χ4n) is 2.66. The summed E-state index contributed by atoms with van der Waals surface area (Å²) in [5.74, 6) is -1.41. The Balaban J connectivity index is 1.96. The molecule has 2 aromatic rings. The summed E-state index contributed by atoms with van der Waals surface area (Å²) in [6.07, 6.45) is -0.531. The smallest absolute Gasteiger partial charge is 0.255 e. The van der Waals surface area contributed by atoms with Gasteiger partial charge in [-0.2, -0.15) is 11.3 Å².